The van der Waals surface area contributed by atoms with Crippen molar-refractivity contribution in [3.63, 3.8) is 0 Å². The molecule has 2 rings (SSSR count). The first-order chi connectivity index (χ1) is 9.17. The van der Waals surface area contributed by atoms with Crippen LogP contribution in [0.4, 0.5) is 5.69 Å². The van der Waals surface area contributed by atoms with E-state index in [-0.39, 0.29) is 5.69 Å². The zero-order chi connectivity index (χ0) is 13.8. The molecule has 0 amide bonds. The van der Waals surface area contributed by atoms with Gasteiger partial charge in [-0.3, -0.25) is 10.1 Å². The van der Waals surface area contributed by atoms with Gasteiger partial charge in [-0.2, -0.15) is 0 Å². The van der Waals surface area contributed by atoms with Crippen molar-refractivity contribution in [2.45, 2.75) is 19.9 Å². The highest BCUT2D eigenvalue weighted by Crippen LogP contribution is 2.31. The van der Waals surface area contributed by atoms with E-state index in [0.29, 0.717) is 17.1 Å². The van der Waals surface area contributed by atoms with Gasteiger partial charge < -0.3 is 9.30 Å². The second-order valence-electron chi connectivity index (χ2n) is 3.99. The van der Waals surface area contributed by atoms with E-state index < -0.39 is 4.92 Å². The molecular weight excluding hydrogens is 248 g/mol. The number of methoxy groups -OCH3 is 1. The Morgan fingerprint density at radius 3 is 2.89 bits per heavy atom. The number of rotatable bonds is 5. The molecule has 0 saturated heterocycles. The zero-order valence-corrected chi connectivity index (χ0v) is 10.7. The smallest absolute Gasteiger partial charge is 0.273 e. The molecular formula is C12H14N4O3. The lowest BCUT2D eigenvalue weighted by Crippen LogP contribution is -2.00. The third-order valence-corrected chi connectivity index (χ3v) is 2.72. The number of benzene rings is 1. The van der Waals surface area contributed by atoms with Crippen molar-refractivity contribution >= 4 is 5.69 Å². The summed E-state index contributed by atoms with van der Waals surface area (Å²) in [6.07, 6.45) is 2.58. The van der Waals surface area contributed by atoms with E-state index in [9.17, 15) is 10.1 Å². The lowest BCUT2D eigenvalue weighted by Gasteiger charge is -2.09. The van der Waals surface area contributed by atoms with Crippen LogP contribution < -0.4 is 4.74 Å². The Kier molecular flexibility index (Phi) is 3.74. The van der Waals surface area contributed by atoms with E-state index in [2.05, 4.69) is 17.1 Å². The maximum atomic E-state index is 10.8. The minimum absolute atomic E-state index is 0.0119. The molecule has 7 nitrogen and oxygen atoms in total. The summed E-state index contributed by atoms with van der Waals surface area (Å²) in [5.74, 6) is 1.06. The number of ether oxygens (including phenoxy) is 1. The van der Waals surface area contributed by atoms with Crippen molar-refractivity contribution < 1.29 is 9.66 Å². The van der Waals surface area contributed by atoms with E-state index in [1.807, 2.05) is 4.57 Å². The van der Waals surface area contributed by atoms with Crippen LogP contribution in [-0.2, 0) is 6.54 Å². The van der Waals surface area contributed by atoms with Crippen LogP contribution >= 0.6 is 0 Å². The van der Waals surface area contributed by atoms with Gasteiger partial charge >= 0.3 is 0 Å². The molecule has 1 heterocycles. The predicted octanol–water partition coefficient (Wildman–Crippen LogP) is 2.27. The molecule has 0 aliphatic carbocycles. The van der Waals surface area contributed by atoms with Crippen LogP contribution in [0.1, 0.15) is 13.3 Å². The highest BCUT2D eigenvalue weighted by molar-refractivity contribution is 5.66. The lowest BCUT2D eigenvalue weighted by atomic mass is 10.1. The average Bonchev–Trinajstić information content (AvgIpc) is 2.86. The molecule has 19 heavy (non-hydrogen) atoms. The minimum Gasteiger partial charge on any atom is -0.496 e. The van der Waals surface area contributed by atoms with Gasteiger partial charge in [-0.05, 0) is 12.5 Å². The van der Waals surface area contributed by atoms with Crippen LogP contribution in [0.3, 0.4) is 0 Å². The number of nitrogens with zero attached hydrogens (tertiary/aromatic N) is 4. The quantitative estimate of drug-likeness (QED) is 0.609. The van der Waals surface area contributed by atoms with Gasteiger partial charge in [0.2, 0.25) is 0 Å². The van der Waals surface area contributed by atoms with Crippen LogP contribution in [0.5, 0.6) is 5.75 Å². The Morgan fingerprint density at radius 1 is 1.47 bits per heavy atom. The standard InChI is InChI=1S/C12H14N4O3/c1-3-6-15-8-13-14-12(15)10-5-4-9(16(17)18)7-11(10)19-2/h4-5,7-8H,3,6H2,1-2H3. The first kappa shape index (κ1) is 13.0. The van der Waals surface area contributed by atoms with Gasteiger partial charge in [0, 0.05) is 12.6 Å². The van der Waals surface area contributed by atoms with E-state index in [1.165, 1.54) is 19.2 Å². The summed E-state index contributed by atoms with van der Waals surface area (Å²) in [5, 5.41) is 18.7. The van der Waals surface area contributed by atoms with E-state index in [0.717, 1.165) is 13.0 Å². The molecule has 0 bridgehead atoms. The van der Waals surface area contributed by atoms with Crippen molar-refractivity contribution in [3.8, 4) is 17.1 Å². The monoisotopic (exact) mass is 262 g/mol. The Morgan fingerprint density at radius 2 is 2.26 bits per heavy atom. The Bertz CT molecular complexity index is 594. The van der Waals surface area contributed by atoms with Crippen LogP contribution in [0, 0.1) is 10.1 Å². The number of aryl methyl sites for hydroxylation is 1. The lowest BCUT2D eigenvalue weighted by molar-refractivity contribution is -0.384. The van der Waals surface area contributed by atoms with Gasteiger partial charge in [-0.25, -0.2) is 0 Å². The third-order valence-electron chi connectivity index (χ3n) is 2.72. The molecule has 0 fully saturated rings. The number of hydrogen-bond acceptors (Lipinski definition) is 5. The summed E-state index contributed by atoms with van der Waals surface area (Å²) >= 11 is 0. The van der Waals surface area contributed by atoms with E-state index >= 15 is 0 Å². The molecule has 2 aromatic rings. The Hall–Kier alpha value is -2.44. The molecule has 7 heteroatoms. The zero-order valence-electron chi connectivity index (χ0n) is 10.7. The van der Waals surface area contributed by atoms with Crippen molar-refractivity contribution in [1.29, 1.82) is 0 Å². The predicted molar refractivity (Wildman–Crippen MR) is 69.0 cm³/mol. The van der Waals surface area contributed by atoms with Gasteiger partial charge in [0.05, 0.1) is 23.7 Å². The SMILES string of the molecule is CCCn1cnnc1-c1ccc([N+](=O)[O-])cc1OC. The molecule has 0 aliphatic heterocycles. The van der Waals surface area contributed by atoms with Crippen molar-refractivity contribution in [3.05, 3.63) is 34.6 Å². The first-order valence-electron chi connectivity index (χ1n) is 5.88. The van der Waals surface area contributed by atoms with E-state index in [1.54, 1.807) is 12.4 Å². The minimum atomic E-state index is -0.455. The molecule has 100 valence electrons. The second-order valence-corrected chi connectivity index (χ2v) is 3.99. The topological polar surface area (TPSA) is 83.1 Å². The summed E-state index contributed by atoms with van der Waals surface area (Å²) in [4.78, 5) is 10.3. The fourth-order valence-corrected chi connectivity index (χ4v) is 1.85. The molecule has 0 saturated carbocycles. The summed E-state index contributed by atoms with van der Waals surface area (Å²) in [7, 11) is 1.48. The molecule has 0 N–H and O–H groups in total. The number of aromatic nitrogens is 3. The normalized spacial score (nSPS) is 10.4. The van der Waals surface area contributed by atoms with Crippen molar-refractivity contribution in [2.75, 3.05) is 7.11 Å². The molecule has 1 aromatic carbocycles. The fourth-order valence-electron chi connectivity index (χ4n) is 1.85. The summed E-state index contributed by atoms with van der Waals surface area (Å²) < 4.78 is 7.10. The third kappa shape index (κ3) is 2.54. The van der Waals surface area contributed by atoms with Crippen LogP contribution in [0.2, 0.25) is 0 Å². The average molecular weight is 262 g/mol. The molecule has 1 aromatic heterocycles. The molecule has 0 spiro atoms. The number of hydrogen-bond donors (Lipinski definition) is 0. The van der Waals surface area contributed by atoms with Gasteiger partial charge in [0.25, 0.3) is 5.69 Å². The molecule has 0 atom stereocenters. The summed E-state index contributed by atoms with van der Waals surface area (Å²) in [5.41, 5.74) is 0.682. The summed E-state index contributed by atoms with van der Waals surface area (Å²) in [6.45, 7) is 2.83. The highest BCUT2D eigenvalue weighted by Gasteiger charge is 2.16. The van der Waals surface area contributed by atoms with E-state index in [4.69, 9.17) is 4.74 Å². The maximum absolute atomic E-state index is 10.8. The highest BCUT2D eigenvalue weighted by atomic mass is 16.6. The van der Waals surface area contributed by atoms with Gasteiger partial charge in [-0.15, -0.1) is 10.2 Å². The molecule has 0 unspecified atom stereocenters. The fraction of sp³-hybridized carbons (Fsp3) is 0.333. The first-order valence-corrected chi connectivity index (χ1v) is 5.88. The molecule has 0 aliphatic rings. The van der Waals surface area contributed by atoms with Crippen molar-refractivity contribution in [2.24, 2.45) is 0 Å². The van der Waals surface area contributed by atoms with Crippen LogP contribution in [-0.4, -0.2) is 26.8 Å². The Balaban J connectivity index is 2.49. The second kappa shape index (κ2) is 5.47. The maximum Gasteiger partial charge on any atom is 0.273 e. The number of non-ortho nitro benzene ring substituents is 1. The number of nitro groups is 1. The van der Waals surface area contributed by atoms with Crippen molar-refractivity contribution in [1.82, 2.24) is 14.8 Å². The molecule has 0 radical (unpaired) electrons. The van der Waals surface area contributed by atoms with Crippen LogP contribution in [0.15, 0.2) is 24.5 Å². The van der Waals surface area contributed by atoms with Gasteiger partial charge in [0.1, 0.15) is 12.1 Å². The number of nitro benzene ring substituents is 1. The largest absolute Gasteiger partial charge is 0.496 e. The van der Waals surface area contributed by atoms with Crippen LogP contribution in [0.25, 0.3) is 11.4 Å². The van der Waals surface area contributed by atoms with Gasteiger partial charge in [-0.1, -0.05) is 6.92 Å². The Labute approximate surface area is 110 Å². The van der Waals surface area contributed by atoms with Gasteiger partial charge in [0.15, 0.2) is 5.82 Å². The summed E-state index contributed by atoms with van der Waals surface area (Å²) in [6, 6.07) is 4.45.